The third-order valence-corrected chi connectivity index (χ3v) is 3.99. The van der Waals surface area contributed by atoms with Crippen LogP contribution in [-0.2, 0) is 0 Å². The summed E-state index contributed by atoms with van der Waals surface area (Å²) in [5.41, 5.74) is 0.842. The van der Waals surface area contributed by atoms with E-state index in [1.807, 2.05) is 30.3 Å². The molecule has 1 aromatic carbocycles. The molecular weight excluding hydrogens is 222 g/mol. The van der Waals surface area contributed by atoms with Gasteiger partial charge in [-0.3, -0.25) is 4.79 Å². The normalized spacial score (nSPS) is 17.0. The van der Waals surface area contributed by atoms with Gasteiger partial charge in [0.05, 0.1) is 0 Å². The monoisotopic (exact) mass is 245 g/mol. The summed E-state index contributed by atoms with van der Waals surface area (Å²) in [5, 5.41) is 0. The van der Waals surface area contributed by atoms with Crippen LogP contribution in [0.2, 0.25) is 0 Å². The molecule has 0 unspecified atom stereocenters. The molecule has 1 fully saturated rings. The summed E-state index contributed by atoms with van der Waals surface area (Å²) in [7, 11) is 2.16. The van der Waals surface area contributed by atoms with Gasteiger partial charge in [-0.1, -0.05) is 49.6 Å². The van der Waals surface area contributed by atoms with Crippen molar-refractivity contribution in [2.75, 3.05) is 13.6 Å². The van der Waals surface area contributed by atoms with Gasteiger partial charge >= 0.3 is 0 Å². The van der Waals surface area contributed by atoms with Crippen LogP contribution >= 0.6 is 0 Å². The van der Waals surface area contributed by atoms with Crippen molar-refractivity contribution in [1.82, 2.24) is 4.90 Å². The molecule has 98 valence electrons. The molecule has 0 saturated heterocycles. The van der Waals surface area contributed by atoms with Crippen LogP contribution in [-0.4, -0.2) is 30.3 Å². The smallest absolute Gasteiger partial charge is 0.164 e. The summed E-state index contributed by atoms with van der Waals surface area (Å²) in [6.07, 6.45) is 7.32. The zero-order chi connectivity index (χ0) is 12.8. The highest BCUT2D eigenvalue weighted by molar-refractivity contribution is 5.96. The molecule has 0 bridgehead atoms. The second-order valence-electron chi connectivity index (χ2n) is 5.31. The van der Waals surface area contributed by atoms with Gasteiger partial charge in [-0.25, -0.2) is 0 Å². The van der Waals surface area contributed by atoms with Gasteiger partial charge in [0.15, 0.2) is 5.78 Å². The van der Waals surface area contributed by atoms with Gasteiger partial charge in [0, 0.05) is 24.6 Å². The van der Waals surface area contributed by atoms with E-state index in [2.05, 4.69) is 11.9 Å². The Morgan fingerprint density at radius 3 is 2.50 bits per heavy atom. The van der Waals surface area contributed by atoms with Crippen LogP contribution in [0.1, 0.15) is 48.9 Å². The van der Waals surface area contributed by atoms with E-state index in [0.717, 1.165) is 12.1 Å². The zero-order valence-electron chi connectivity index (χ0n) is 11.3. The Kier molecular flexibility index (Phi) is 4.94. The highest BCUT2D eigenvalue weighted by Crippen LogP contribution is 2.21. The first-order chi connectivity index (χ1) is 8.77. The van der Waals surface area contributed by atoms with E-state index in [0.29, 0.717) is 12.5 Å². The number of hydrogen-bond acceptors (Lipinski definition) is 2. The van der Waals surface area contributed by atoms with Crippen molar-refractivity contribution < 1.29 is 4.79 Å². The van der Waals surface area contributed by atoms with Crippen LogP contribution in [0.15, 0.2) is 30.3 Å². The fourth-order valence-electron chi connectivity index (χ4n) is 2.75. The van der Waals surface area contributed by atoms with Crippen LogP contribution in [0.3, 0.4) is 0 Å². The predicted octanol–water partition coefficient (Wildman–Crippen LogP) is 3.52. The Labute approximate surface area is 110 Å². The summed E-state index contributed by atoms with van der Waals surface area (Å²) in [6, 6.07) is 10.3. The molecule has 18 heavy (non-hydrogen) atoms. The van der Waals surface area contributed by atoms with Gasteiger partial charge in [0.25, 0.3) is 0 Å². The Balaban J connectivity index is 1.78. The van der Waals surface area contributed by atoms with Gasteiger partial charge in [0.2, 0.25) is 0 Å². The van der Waals surface area contributed by atoms with Crippen molar-refractivity contribution in [2.45, 2.75) is 44.6 Å². The van der Waals surface area contributed by atoms with Crippen molar-refractivity contribution in [3.8, 4) is 0 Å². The SMILES string of the molecule is CN(CCC(=O)c1ccccc1)C1CCCCC1. The summed E-state index contributed by atoms with van der Waals surface area (Å²) < 4.78 is 0. The van der Waals surface area contributed by atoms with Crippen LogP contribution in [0, 0.1) is 0 Å². The first-order valence-corrected chi connectivity index (χ1v) is 7.06. The molecule has 0 amide bonds. The third kappa shape index (κ3) is 3.67. The van der Waals surface area contributed by atoms with Crippen molar-refractivity contribution in [3.63, 3.8) is 0 Å². The summed E-state index contributed by atoms with van der Waals surface area (Å²) >= 11 is 0. The molecule has 1 saturated carbocycles. The quantitative estimate of drug-likeness (QED) is 0.740. The molecule has 0 heterocycles. The average molecular weight is 245 g/mol. The van der Waals surface area contributed by atoms with Crippen molar-refractivity contribution >= 4 is 5.78 Å². The Hall–Kier alpha value is -1.15. The van der Waals surface area contributed by atoms with E-state index in [1.165, 1.54) is 32.1 Å². The largest absolute Gasteiger partial charge is 0.303 e. The minimum Gasteiger partial charge on any atom is -0.303 e. The van der Waals surface area contributed by atoms with E-state index in [-0.39, 0.29) is 5.78 Å². The molecule has 0 aliphatic heterocycles. The summed E-state index contributed by atoms with van der Waals surface area (Å²) in [6.45, 7) is 0.887. The molecular formula is C16H23NO. The van der Waals surface area contributed by atoms with Crippen molar-refractivity contribution in [2.24, 2.45) is 0 Å². The van der Waals surface area contributed by atoms with E-state index >= 15 is 0 Å². The lowest BCUT2D eigenvalue weighted by Gasteiger charge is -2.30. The van der Waals surface area contributed by atoms with E-state index in [4.69, 9.17) is 0 Å². The highest BCUT2D eigenvalue weighted by Gasteiger charge is 2.18. The zero-order valence-corrected chi connectivity index (χ0v) is 11.3. The van der Waals surface area contributed by atoms with Crippen molar-refractivity contribution in [3.05, 3.63) is 35.9 Å². The summed E-state index contributed by atoms with van der Waals surface area (Å²) in [4.78, 5) is 14.4. The van der Waals surface area contributed by atoms with Crippen LogP contribution in [0.5, 0.6) is 0 Å². The standard InChI is InChI=1S/C16H23NO/c1-17(15-10-6-3-7-11-15)13-12-16(18)14-8-4-2-5-9-14/h2,4-5,8-9,15H,3,6-7,10-13H2,1H3. The van der Waals surface area contributed by atoms with Crippen LogP contribution in [0.25, 0.3) is 0 Å². The molecule has 0 aromatic heterocycles. The second-order valence-corrected chi connectivity index (χ2v) is 5.31. The number of carbonyl (C=O) groups is 1. The fourth-order valence-corrected chi connectivity index (χ4v) is 2.75. The molecule has 0 N–H and O–H groups in total. The molecule has 0 atom stereocenters. The molecule has 0 radical (unpaired) electrons. The molecule has 2 heteroatoms. The summed E-state index contributed by atoms with van der Waals surface area (Å²) in [5.74, 6) is 0.262. The molecule has 1 aromatic rings. The second kappa shape index (κ2) is 6.69. The Morgan fingerprint density at radius 1 is 1.17 bits per heavy atom. The topological polar surface area (TPSA) is 20.3 Å². The maximum atomic E-state index is 12.0. The first kappa shape index (κ1) is 13.3. The van der Waals surface area contributed by atoms with Gasteiger partial charge in [-0.2, -0.15) is 0 Å². The Bertz CT molecular complexity index is 368. The van der Waals surface area contributed by atoms with Crippen LogP contribution < -0.4 is 0 Å². The third-order valence-electron chi connectivity index (χ3n) is 3.99. The molecule has 2 nitrogen and oxygen atoms in total. The van der Waals surface area contributed by atoms with Gasteiger partial charge in [-0.15, -0.1) is 0 Å². The predicted molar refractivity (Wildman–Crippen MR) is 74.9 cm³/mol. The number of nitrogens with zero attached hydrogens (tertiary/aromatic N) is 1. The lowest BCUT2D eigenvalue weighted by molar-refractivity contribution is 0.0952. The maximum absolute atomic E-state index is 12.0. The molecule has 2 rings (SSSR count). The van der Waals surface area contributed by atoms with Crippen molar-refractivity contribution in [1.29, 1.82) is 0 Å². The van der Waals surface area contributed by atoms with E-state index < -0.39 is 0 Å². The lowest BCUT2D eigenvalue weighted by Crippen LogP contribution is -2.34. The number of benzene rings is 1. The number of Topliss-reactive ketones (excluding diaryl/α,β-unsaturated/α-hetero) is 1. The Morgan fingerprint density at radius 2 is 1.83 bits per heavy atom. The number of rotatable bonds is 5. The van der Waals surface area contributed by atoms with Gasteiger partial charge < -0.3 is 4.90 Å². The molecule has 1 aliphatic rings. The minimum atomic E-state index is 0.262. The minimum absolute atomic E-state index is 0.262. The van der Waals surface area contributed by atoms with E-state index in [9.17, 15) is 4.79 Å². The first-order valence-electron chi connectivity index (χ1n) is 7.06. The van der Waals surface area contributed by atoms with Gasteiger partial charge in [0.1, 0.15) is 0 Å². The number of hydrogen-bond donors (Lipinski definition) is 0. The number of ketones is 1. The highest BCUT2D eigenvalue weighted by atomic mass is 16.1. The molecule has 0 spiro atoms. The molecule has 1 aliphatic carbocycles. The van der Waals surface area contributed by atoms with Gasteiger partial charge in [-0.05, 0) is 19.9 Å². The van der Waals surface area contributed by atoms with E-state index in [1.54, 1.807) is 0 Å². The lowest BCUT2D eigenvalue weighted by atomic mass is 9.94. The average Bonchev–Trinajstić information content (AvgIpc) is 2.46. The van der Waals surface area contributed by atoms with Crippen LogP contribution in [0.4, 0.5) is 0 Å². The maximum Gasteiger partial charge on any atom is 0.164 e. The fraction of sp³-hybridized carbons (Fsp3) is 0.562. The number of carbonyl (C=O) groups excluding carboxylic acids is 1.